The molecule has 1 aromatic heterocycles. The van der Waals surface area contributed by atoms with Crippen LogP contribution in [-0.4, -0.2) is 22.4 Å². The van der Waals surface area contributed by atoms with Crippen molar-refractivity contribution in [2.45, 2.75) is 13.8 Å². The molecule has 0 atom stereocenters. The lowest BCUT2D eigenvalue weighted by Crippen LogP contribution is -2.19. The van der Waals surface area contributed by atoms with Gasteiger partial charge >= 0.3 is 0 Å². The number of halogens is 1. The number of nitro groups is 1. The number of aryl methyl sites for hydroxylation is 1. The number of amides is 1. The highest BCUT2D eigenvalue weighted by atomic mass is 35.5. The molecule has 0 radical (unpaired) electrons. The number of rotatable bonds is 2. The Kier molecular flexibility index (Phi) is 4.63. The van der Waals surface area contributed by atoms with Gasteiger partial charge in [0, 0.05) is 13.0 Å². The summed E-state index contributed by atoms with van der Waals surface area (Å²) >= 11 is 5.82. The lowest BCUT2D eigenvalue weighted by molar-refractivity contribution is -0.385. The van der Waals surface area contributed by atoms with Crippen molar-refractivity contribution in [2.75, 3.05) is 6.54 Å². The van der Waals surface area contributed by atoms with Gasteiger partial charge in [-0.15, -0.1) is 0 Å². The quantitative estimate of drug-likeness (QED) is 0.380. The van der Waals surface area contributed by atoms with Gasteiger partial charge in [0.05, 0.1) is 17.0 Å². The van der Waals surface area contributed by atoms with E-state index in [0.29, 0.717) is 0 Å². The second kappa shape index (κ2) is 5.98. The van der Waals surface area contributed by atoms with Crippen LogP contribution in [0.5, 0.6) is 0 Å². The molecule has 94 valence electrons. The van der Waals surface area contributed by atoms with Gasteiger partial charge in [-0.2, -0.15) is 0 Å². The van der Waals surface area contributed by atoms with E-state index in [0.717, 1.165) is 0 Å². The zero-order valence-corrected chi connectivity index (χ0v) is 10.5. The van der Waals surface area contributed by atoms with E-state index in [1.54, 1.807) is 0 Å². The topological polar surface area (TPSA) is 85.1 Å². The first-order valence-corrected chi connectivity index (χ1v) is 5.34. The molecule has 0 aliphatic rings. The van der Waals surface area contributed by atoms with Gasteiger partial charge in [-0.05, 0) is 6.92 Å². The van der Waals surface area contributed by atoms with Gasteiger partial charge in [-0.3, -0.25) is 14.9 Å². The maximum absolute atomic E-state index is 10.7. The highest BCUT2D eigenvalue weighted by Gasteiger charge is 2.14. The minimum atomic E-state index is -0.544. The van der Waals surface area contributed by atoms with Crippen LogP contribution in [0.25, 0.3) is 0 Å². The fourth-order valence-corrected chi connectivity index (χ4v) is 1.37. The SMILES string of the molecule is CC(=O)NCC#Cc1cc([N+](=O)[O-])c(C)nc1Cl. The normalized spacial score (nSPS) is 9.28. The van der Waals surface area contributed by atoms with Gasteiger partial charge < -0.3 is 5.32 Å². The zero-order chi connectivity index (χ0) is 13.7. The summed E-state index contributed by atoms with van der Waals surface area (Å²) < 4.78 is 0. The predicted octanol–water partition coefficient (Wildman–Crippen LogP) is 1.44. The molecule has 1 heterocycles. The van der Waals surface area contributed by atoms with Crippen LogP contribution in [0.1, 0.15) is 18.2 Å². The Balaban J connectivity index is 2.98. The third-order valence-corrected chi connectivity index (χ3v) is 2.27. The minimum Gasteiger partial charge on any atom is -0.345 e. The molecule has 0 aliphatic carbocycles. The first kappa shape index (κ1) is 13.9. The van der Waals surface area contributed by atoms with Crippen LogP contribution in [0.4, 0.5) is 5.69 Å². The van der Waals surface area contributed by atoms with Crippen LogP contribution < -0.4 is 5.32 Å². The number of hydrogen-bond donors (Lipinski definition) is 1. The molecule has 0 saturated heterocycles. The molecular formula is C11H10ClN3O3. The molecule has 0 aromatic carbocycles. The summed E-state index contributed by atoms with van der Waals surface area (Å²) in [4.78, 5) is 24.6. The summed E-state index contributed by atoms with van der Waals surface area (Å²) in [5.41, 5.74) is 0.361. The Labute approximate surface area is 109 Å². The third-order valence-electron chi connectivity index (χ3n) is 1.99. The van der Waals surface area contributed by atoms with E-state index in [1.807, 2.05) is 0 Å². The molecule has 6 nitrogen and oxygen atoms in total. The molecule has 1 aromatic rings. The second-order valence-electron chi connectivity index (χ2n) is 3.40. The number of carbonyl (C=O) groups is 1. The molecule has 1 rings (SSSR count). The molecule has 0 aliphatic heterocycles. The molecule has 0 saturated carbocycles. The Bertz CT molecular complexity index is 561. The van der Waals surface area contributed by atoms with Crippen molar-refractivity contribution in [3.05, 3.63) is 32.6 Å². The Morgan fingerprint density at radius 2 is 2.33 bits per heavy atom. The fourth-order valence-electron chi connectivity index (χ4n) is 1.15. The minimum absolute atomic E-state index is 0.105. The summed E-state index contributed by atoms with van der Waals surface area (Å²) in [6, 6.07) is 1.27. The third kappa shape index (κ3) is 3.71. The van der Waals surface area contributed by atoms with E-state index in [-0.39, 0.29) is 34.5 Å². The summed E-state index contributed by atoms with van der Waals surface area (Å²) in [5.74, 6) is 5.05. The van der Waals surface area contributed by atoms with Gasteiger partial charge in [-0.25, -0.2) is 4.98 Å². The van der Waals surface area contributed by atoms with E-state index < -0.39 is 4.92 Å². The Morgan fingerprint density at radius 1 is 1.67 bits per heavy atom. The van der Waals surface area contributed by atoms with Crippen molar-refractivity contribution in [1.29, 1.82) is 0 Å². The van der Waals surface area contributed by atoms with Crippen LogP contribution in [-0.2, 0) is 4.79 Å². The van der Waals surface area contributed by atoms with Crippen molar-refractivity contribution in [3.8, 4) is 11.8 Å². The molecule has 1 N–H and O–H groups in total. The van der Waals surface area contributed by atoms with Crippen molar-refractivity contribution >= 4 is 23.2 Å². The molecule has 1 amide bonds. The molecule has 7 heteroatoms. The molecule has 18 heavy (non-hydrogen) atoms. The maximum atomic E-state index is 10.7. The van der Waals surface area contributed by atoms with Gasteiger partial charge in [0.1, 0.15) is 10.8 Å². The number of pyridine rings is 1. The highest BCUT2D eigenvalue weighted by Crippen LogP contribution is 2.22. The molecule has 0 bridgehead atoms. The first-order chi connectivity index (χ1) is 8.41. The monoisotopic (exact) mass is 267 g/mol. The zero-order valence-electron chi connectivity index (χ0n) is 9.78. The lowest BCUT2D eigenvalue weighted by atomic mass is 10.2. The van der Waals surface area contributed by atoms with Crippen molar-refractivity contribution in [3.63, 3.8) is 0 Å². The standard InChI is InChI=1S/C11H10ClN3O3/c1-7-10(15(17)18)6-9(11(12)14-7)4-3-5-13-8(2)16/h6H,5H2,1-2H3,(H,13,16). The fraction of sp³-hybridized carbons (Fsp3) is 0.273. The van der Waals surface area contributed by atoms with Crippen molar-refractivity contribution < 1.29 is 9.72 Å². The molecular weight excluding hydrogens is 258 g/mol. The number of nitrogens with one attached hydrogen (secondary N) is 1. The van der Waals surface area contributed by atoms with Crippen molar-refractivity contribution in [1.82, 2.24) is 10.3 Å². The van der Waals surface area contributed by atoms with E-state index in [9.17, 15) is 14.9 Å². The van der Waals surface area contributed by atoms with E-state index in [1.165, 1.54) is 19.9 Å². The summed E-state index contributed by atoms with van der Waals surface area (Å²) in [6.07, 6.45) is 0. The van der Waals surface area contributed by atoms with Gasteiger partial charge in [-0.1, -0.05) is 23.4 Å². The first-order valence-electron chi connectivity index (χ1n) is 4.96. The Hall–Kier alpha value is -2.13. The summed E-state index contributed by atoms with van der Waals surface area (Å²) in [6.45, 7) is 3.01. The van der Waals surface area contributed by atoms with Gasteiger partial charge in [0.15, 0.2) is 0 Å². The van der Waals surface area contributed by atoms with E-state index in [2.05, 4.69) is 22.1 Å². The number of nitrogens with zero attached hydrogens (tertiary/aromatic N) is 2. The van der Waals surface area contributed by atoms with Crippen LogP contribution >= 0.6 is 11.6 Å². The lowest BCUT2D eigenvalue weighted by Gasteiger charge is -1.99. The number of aromatic nitrogens is 1. The van der Waals surface area contributed by atoms with Crippen LogP contribution in [0.15, 0.2) is 6.07 Å². The summed E-state index contributed by atoms with van der Waals surface area (Å²) in [7, 11) is 0. The van der Waals surface area contributed by atoms with Crippen LogP contribution in [0, 0.1) is 28.9 Å². The number of hydrogen-bond acceptors (Lipinski definition) is 4. The van der Waals surface area contributed by atoms with E-state index >= 15 is 0 Å². The van der Waals surface area contributed by atoms with Crippen LogP contribution in [0.3, 0.4) is 0 Å². The van der Waals surface area contributed by atoms with Crippen LogP contribution in [0.2, 0.25) is 5.15 Å². The smallest absolute Gasteiger partial charge is 0.291 e. The maximum Gasteiger partial charge on any atom is 0.291 e. The predicted molar refractivity (Wildman–Crippen MR) is 66.2 cm³/mol. The van der Waals surface area contributed by atoms with E-state index in [4.69, 9.17) is 11.6 Å². The summed E-state index contributed by atoms with van der Waals surface area (Å²) in [5, 5.41) is 13.3. The van der Waals surface area contributed by atoms with Gasteiger partial charge in [0.2, 0.25) is 5.91 Å². The average Bonchev–Trinajstić information content (AvgIpc) is 2.25. The second-order valence-corrected chi connectivity index (χ2v) is 3.76. The Morgan fingerprint density at radius 3 is 2.89 bits per heavy atom. The van der Waals surface area contributed by atoms with Gasteiger partial charge in [0.25, 0.3) is 5.69 Å². The number of carbonyl (C=O) groups excluding carboxylic acids is 1. The average molecular weight is 268 g/mol. The largest absolute Gasteiger partial charge is 0.345 e. The molecule has 0 spiro atoms. The molecule has 0 fully saturated rings. The van der Waals surface area contributed by atoms with Crippen molar-refractivity contribution in [2.24, 2.45) is 0 Å². The molecule has 0 unspecified atom stereocenters. The highest BCUT2D eigenvalue weighted by molar-refractivity contribution is 6.30.